The maximum Gasteiger partial charge on any atom is 0.0241 e. The first-order chi connectivity index (χ1) is 9.22. The summed E-state index contributed by atoms with van der Waals surface area (Å²) in [7, 11) is 0. The lowest BCUT2D eigenvalue weighted by molar-refractivity contribution is 0.188. The molecule has 1 aromatic rings. The van der Waals surface area contributed by atoms with Crippen LogP contribution in [0.3, 0.4) is 0 Å². The molecular weight excluding hydrogens is 232 g/mol. The summed E-state index contributed by atoms with van der Waals surface area (Å²) in [6.07, 6.45) is 6.65. The van der Waals surface area contributed by atoms with Gasteiger partial charge in [-0.3, -0.25) is 4.90 Å². The Balaban J connectivity index is 2.10. The van der Waals surface area contributed by atoms with Gasteiger partial charge in [-0.2, -0.15) is 0 Å². The van der Waals surface area contributed by atoms with E-state index in [9.17, 15) is 0 Å². The Morgan fingerprint density at radius 1 is 1.16 bits per heavy atom. The highest BCUT2D eigenvalue weighted by atomic mass is 15.2. The highest BCUT2D eigenvalue weighted by Crippen LogP contribution is 2.26. The van der Waals surface area contributed by atoms with Gasteiger partial charge in [-0.15, -0.1) is 0 Å². The molecule has 1 aliphatic rings. The summed E-state index contributed by atoms with van der Waals surface area (Å²) in [5, 5.41) is 0. The van der Waals surface area contributed by atoms with E-state index in [1.54, 1.807) is 0 Å². The molecule has 0 unspecified atom stereocenters. The van der Waals surface area contributed by atoms with Gasteiger partial charge in [0.15, 0.2) is 0 Å². The van der Waals surface area contributed by atoms with Crippen LogP contribution < -0.4 is 5.73 Å². The van der Waals surface area contributed by atoms with Crippen LogP contribution >= 0.6 is 0 Å². The first-order valence-electron chi connectivity index (χ1n) is 7.71. The minimum atomic E-state index is 0.783. The fourth-order valence-corrected chi connectivity index (χ4v) is 3.26. The van der Waals surface area contributed by atoms with E-state index < -0.39 is 0 Å². The van der Waals surface area contributed by atoms with Crippen LogP contribution in [-0.2, 0) is 6.54 Å². The third-order valence-corrected chi connectivity index (χ3v) is 4.50. The van der Waals surface area contributed by atoms with Crippen LogP contribution in [0, 0.1) is 13.8 Å². The molecule has 19 heavy (non-hydrogen) atoms. The van der Waals surface area contributed by atoms with Gasteiger partial charge < -0.3 is 5.73 Å². The molecule has 0 aliphatic heterocycles. The van der Waals surface area contributed by atoms with Crippen molar-refractivity contribution in [3.8, 4) is 0 Å². The summed E-state index contributed by atoms with van der Waals surface area (Å²) >= 11 is 0. The van der Waals surface area contributed by atoms with Crippen molar-refractivity contribution in [1.82, 2.24) is 4.90 Å². The Kier molecular flexibility index (Phi) is 5.41. The Morgan fingerprint density at radius 2 is 1.79 bits per heavy atom. The molecule has 1 aromatic carbocycles. The Hall–Kier alpha value is -0.860. The van der Waals surface area contributed by atoms with Crippen LogP contribution in [0.4, 0.5) is 0 Å². The molecule has 0 radical (unpaired) electrons. The SMILES string of the molecule is Cc1cccc(C)c1CN(CCCN)C1CCCC1. The van der Waals surface area contributed by atoms with E-state index in [2.05, 4.69) is 36.9 Å². The van der Waals surface area contributed by atoms with Crippen LogP contribution in [0.1, 0.15) is 48.8 Å². The normalized spacial score (nSPS) is 16.4. The van der Waals surface area contributed by atoms with Crippen molar-refractivity contribution in [2.45, 2.75) is 58.5 Å². The van der Waals surface area contributed by atoms with Crippen molar-refractivity contribution in [3.63, 3.8) is 0 Å². The predicted octanol–water partition coefficient (Wildman–Crippen LogP) is 3.40. The van der Waals surface area contributed by atoms with Gasteiger partial charge in [0.05, 0.1) is 0 Å². The molecule has 0 atom stereocenters. The van der Waals surface area contributed by atoms with Crippen LogP contribution in [0.15, 0.2) is 18.2 Å². The lowest BCUT2D eigenvalue weighted by atomic mass is 10.0. The summed E-state index contributed by atoms with van der Waals surface area (Å²) in [4.78, 5) is 2.68. The van der Waals surface area contributed by atoms with Crippen LogP contribution in [0.25, 0.3) is 0 Å². The van der Waals surface area contributed by atoms with E-state index in [1.807, 2.05) is 0 Å². The molecule has 0 saturated heterocycles. The number of nitrogens with two attached hydrogens (primary N) is 1. The molecule has 2 heteroatoms. The van der Waals surface area contributed by atoms with Gasteiger partial charge in [-0.25, -0.2) is 0 Å². The topological polar surface area (TPSA) is 29.3 Å². The maximum absolute atomic E-state index is 5.70. The molecular formula is C17H28N2. The molecule has 0 amide bonds. The summed E-state index contributed by atoms with van der Waals surface area (Å²) in [5.74, 6) is 0. The van der Waals surface area contributed by atoms with Gasteiger partial charge in [0, 0.05) is 12.6 Å². The fraction of sp³-hybridized carbons (Fsp3) is 0.647. The zero-order valence-corrected chi connectivity index (χ0v) is 12.5. The third kappa shape index (κ3) is 3.80. The number of benzene rings is 1. The van der Waals surface area contributed by atoms with Crippen molar-refractivity contribution in [1.29, 1.82) is 0 Å². The van der Waals surface area contributed by atoms with Crippen molar-refractivity contribution < 1.29 is 0 Å². The monoisotopic (exact) mass is 260 g/mol. The van der Waals surface area contributed by atoms with Gasteiger partial charge >= 0.3 is 0 Å². The number of aryl methyl sites for hydroxylation is 2. The Bertz CT molecular complexity index is 374. The summed E-state index contributed by atoms with van der Waals surface area (Å²) in [6.45, 7) is 7.52. The van der Waals surface area contributed by atoms with E-state index in [1.165, 1.54) is 42.4 Å². The summed E-state index contributed by atoms with van der Waals surface area (Å²) < 4.78 is 0. The van der Waals surface area contributed by atoms with Crippen molar-refractivity contribution in [3.05, 3.63) is 34.9 Å². The van der Waals surface area contributed by atoms with E-state index in [-0.39, 0.29) is 0 Å². The molecule has 0 bridgehead atoms. The van der Waals surface area contributed by atoms with E-state index >= 15 is 0 Å². The van der Waals surface area contributed by atoms with Gasteiger partial charge in [-0.1, -0.05) is 31.0 Å². The zero-order chi connectivity index (χ0) is 13.7. The predicted molar refractivity (Wildman–Crippen MR) is 82.3 cm³/mol. The maximum atomic E-state index is 5.70. The second-order valence-corrected chi connectivity index (χ2v) is 5.92. The molecule has 106 valence electrons. The zero-order valence-electron chi connectivity index (χ0n) is 12.5. The molecule has 2 nitrogen and oxygen atoms in total. The van der Waals surface area contributed by atoms with E-state index in [4.69, 9.17) is 5.73 Å². The Morgan fingerprint density at radius 3 is 2.37 bits per heavy atom. The van der Waals surface area contributed by atoms with Gasteiger partial charge in [0.25, 0.3) is 0 Å². The van der Waals surface area contributed by atoms with E-state index in [0.717, 1.165) is 32.1 Å². The standard InChI is InChI=1S/C17H28N2/c1-14-7-5-8-15(2)17(14)13-19(12-6-11-18)16-9-3-4-10-16/h5,7-8,16H,3-4,6,9-13,18H2,1-2H3. The quantitative estimate of drug-likeness (QED) is 0.849. The lowest BCUT2D eigenvalue weighted by Gasteiger charge is -2.30. The van der Waals surface area contributed by atoms with Crippen LogP contribution in [0.2, 0.25) is 0 Å². The Labute approximate surface area is 118 Å². The molecule has 1 saturated carbocycles. The number of hydrogen-bond acceptors (Lipinski definition) is 2. The summed E-state index contributed by atoms with van der Waals surface area (Å²) in [5.41, 5.74) is 10.1. The second kappa shape index (κ2) is 7.06. The average Bonchev–Trinajstić information content (AvgIpc) is 2.91. The van der Waals surface area contributed by atoms with Crippen molar-refractivity contribution in [2.75, 3.05) is 13.1 Å². The fourth-order valence-electron chi connectivity index (χ4n) is 3.26. The minimum Gasteiger partial charge on any atom is -0.330 e. The first kappa shape index (κ1) is 14.5. The first-order valence-corrected chi connectivity index (χ1v) is 7.71. The molecule has 1 fully saturated rings. The minimum absolute atomic E-state index is 0.783. The number of nitrogens with zero attached hydrogens (tertiary/aromatic N) is 1. The average molecular weight is 260 g/mol. The second-order valence-electron chi connectivity index (χ2n) is 5.92. The third-order valence-electron chi connectivity index (χ3n) is 4.50. The van der Waals surface area contributed by atoms with Crippen molar-refractivity contribution in [2.24, 2.45) is 5.73 Å². The van der Waals surface area contributed by atoms with Gasteiger partial charge in [0.1, 0.15) is 0 Å². The van der Waals surface area contributed by atoms with Gasteiger partial charge in [-0.05, 0) is 62.9 Å². The van der Waals surface area contributed by atoms with Crippen LogP contribution in [-0.4, -0.2) is 24.0 Å². The molecule has 2 N–H and O–H groups in total. The van der Waals surface area contributed by atoms with Crippen molar-refractivity contribution >= 4 is 0 Å². The number of hydrogen-bond donors (Lipinski definition) is 1. The van der Waals surface area contributed by atoms with Crippen LogP contribution in [0.5, 0.6) is 0 Å². The molecule has 2 rings (SSSR count). The van der Waals surface area contributed by atoms with Gasteiger partial charge in [0.2, 0.25) is 0 Å². The highest BCUT2D eigenvalue weighted by molar-refractivity contribution is 5.33. The van der Waals surface area contributed by atoms with E-state index in [0.29, 0.717) is 0 Å². The molecule has 1 aliphatic carbocycles. The highest BCUT2D eigenvalue weighted by Gasteiger charge is 2.22. The molecule has 0 spiro atoms. The smallest absolute Gasteiger partial charge is 0.0241 e. The molecule has 0 aromatic heterocycles. The molecule has 0 heterocycles. The summed E-state index contributed by atoms with van der Waals surface area (Å²) in [6, 6.07) is 7.41. The lowest BCUT2D eigenvalue weighted by Crippen LogP contribution is -2.35. The largest absolute Gasteiger partial charge is 0.330 e. The number of rotatable bonds is 6.